The fourth-order valence-electron chi connectivity index (χ4n) is 1.67. The molecule has 0 saturated carbocycles. The van der Waals surface area contributed by atoms with E-state index in [1.807, 2.05) is 31.2 Å². The fraction of sp³-hybridized carbons (Fsp3) is 0.462. The lowest BCUT2D eigenvalue weighted by atomic mass is 10.1. The summed E-state index contributed by atoms with van der Waals surface area (Å²) >= 11 is 0. The van der Waals surface area contributed by atoms with Crippen molar-refractivity contribution >= 4 is 5.91 Å². The first-order chi connectivity index (χ1) is 8.63. The maximum atomic E-state index is 11.7. The zero-order valence-corrected chi connectivity index (χ0v) is 10.6. The Labute approximate surface area is 106 Å². The van der Waals surface area contributed by atoms with E-state index in [0.29, 0.717) is 19.4 Å². The molecule has 1 aliphatic rings. The molecule has 0 unspecified atom stereocenters. The third-order valence-electron chi connectivity index (χ3n) is 2.94. The summed E-state index contributed by atoms with van der Waals surface area (Å²) in [5.74, 6) is 0.802. The number of para-hydroxylation sites is 1. The number of nitrogens with one attached hydrogen (secondary N) is 1. The van der Waals surface area contributed by atoms with E-state index >= 15 is 0 Å². The van der Waals surface area contributed by atoms with Crippen molar-refractivity contribution in [2.45, 2.75) is 32.0 Å². The molecule has 1 heterocycles. The number of benzene rings is 1. The van der Waals surface area contributed by atoms with Crippen LogP contribution in [-0.2, 0) is 11.3 Å². The standard InChI is InChI=1S/C13H17N3O2/c1-13(15-16-13)8-7-12(17)14-9-10-5-3-4-6-11(10)18-2/h3-6H,7-9H2,1-2H3,(H,14,17). The highest BCUT2D eigenvalue weighted by Gasteiger charge is 2.33. The first kappa shape index (κ1) is 12.5. The van der Waals surface area contributed by atoms with Gasteiger partial charge < -0.3 is 10.1 Å². The van der Waals surface area contributed by atoms with Crippen LogP contribution >= 0.6 is 0 Å². The highest BCUT2D eigenvalue weighted by atomic mass is 16.5. The maximum Gasteiger partial charge on any atom is 0.220 e. The van der Waals surface area contributed by atoms with E-state index in [2.05, 4.69) is 15.5 Å². The van der Waals surface area contributed by atoms with E-state index in [1.54, 1.807) is 7.11 Å². The van der Waals surface area contributed by atoms with Gasteiger partial charge in [0.15, 0.2) is 5.66 Å². The Balaban J connectivity index is 1.78. The zero-order valence-electron chi connectivity index (χ0n) is 10.6. The van der Waals surface area contributed by atoms with E-state index in [0.717, 1.165) is 11.3 Å². The van der Waals surface area contributed by atoms with Gasteiger partial charge in [-0.25, -0.2) is 0 Å². The van der Waals surface area contributed by atoms with Crippen molar-refractivity contribution in [2.75, 3.05) is 7.11 Å². The molecule has 0 aromatic heterocycles. The number of rotatable bonds is 6. The molecule has 0 bridgehead atoms. The number of ether oxygens (including phenoxy) is 1. The van der Waals surface area contributed by atoms with Gasteiger partial charge in [-0.3, -0.25) is 4.79 Å². The third-order valence-corrected chi connectivity index (χ3v) is 2.94. The lowest BCUT2D eigenvalue weighted by Crippen LogP contribution is -2.24. The summed E-state index contributed by atoms with van der Waals surface area (Å²) in [6.07, 6.45) is 1.11. The Bertz CT molecular complexity index is 465. The van der Waals surface area contributed by atoms with Gasteiger partial charge >= 0.3 is 0 Å². The molecule has 0 saturated heterocycles. The highest BCUT2D eigenvalue weighted by Crippen LogP contribution is 2.31. The molecule has 5 nitrogen and oxygen atoms in total. The molecular weight excluding hydrogens is 230 g/mol. The maximum absolute atomic E-state index is 11.7. The molecule has 0 atom stereocenters. The first-order valence-electron chi connectivity index (χ1n) is 5.96. The van der Waals surface area contributed by atoms with Gasteiger partial charge in [0, 0.05) is 24.9 Å². The Hall–Kier alpha value is -1.91. The molecule has 1 N–H and O–H groups in total. The Kier molecular flexibility index (Phi) is 3.60. The van der Waals surface area contributed by atoms with Crippen molar-refractivity contribution in [2.24, 2.45) is 10.2 Å². The summed E-state index contributed by atoms with van der Waals surface area (Å²) in [4.78, 5) is 11.7. The van der Waals surface area contributed by atoms with Crippen LogP contribution in [-0.4, -0.2) is 18.7 Å². The molecular formula is C13H17N3O2. The van der Waals surface area contributed by atoms with Crippen LogP contribution in [0.25, 0.3) is 0 Å². The molecule has 1 aromatic rings. The zero-order chi connectivity index (χ0) is 13.0. The summed E-state index contributed by atoms with van der Waals surface area (Å²) in [5, 5.41) is 10.6. The summed E-state index contributed by atoms with van der Waals surface area (Å²) in [6.45, 7) is 2.40. The number of amides is 1. The molecule has 0 fully saturated rings. The molecule has 96 valence electrons. The van der Waals surface area contributed by atoms with Gasteiger partial charge in [0.1, 0.15) is 5.75 Å². The molecule has 0 spiro atoms. The van der Waals surface area contributed by atoms with Crippen LogP contribution in [0.2, 0.25) is 0 Å². The van der Waals surface area contributed by atoms with Gasteiger partial charge in [-0.05, 0) is 13.0 Å². The SMILES string of the molecule is COc1ccccc1CNC(=O)CCC1(C)N=N1. The van der Waals surface area contributed by atoms with E-state index in [9.17, 15) is 4.79 Å². The van der Waals surface area contributed by atoms with E-state index < -0.39 is 0 Å². The second-order valence-corrected chi connectivity index (χ2v) is 4.51. The number of methoxy groups -OCH3 is 1. The van der Waals surface area contributed by atoms with Crippen molar-refractivity contribution in [3.05, 3.63) is 29.8 Å². The predicted molar refractivity (Wildman–Crippen MR) is 67.3 cm³/mol. The topological polar surface area (TPSA) is 63.0 Å². The Morgan fingerprint density at radius 2 is 2.11 bits per heavy atom. The largest absolute Gasteiger partial charge is 0.496 e. The molecule has 0 radical (unpaired) electrons. The number of hydrogen-bond donors (Lipinski definition) is 1. The monoisotopic (exact) mass is 247 g/mol. The van der Waals surface area contributed by atoms with Crippen LogP contribution in [0.15, 0.2) is 34.5 Å². The molecule has 5 heteroatoms. The van der Waals surface area contributed by atoms with E-state index in [-0.39, 0.29) is 11.6 Å². The van der Waals surface area contributed by atoms with Crippen LogP contribution in [0.1, 0.15) is 25.3 Å². The van der Waals surface area contributed by atoms with Gasteiger partial charge in [0.25, 0.3) is 0 Å². The second-order valence-electron chi connectivity index (χ2n) is 4.51. The molecule has 1 aromatic carbocycles. The van der Waals surface area contributed by atoms with Crippen molar-refractivity contribution in [1.82, 2.24) is 5.32 Å². The minimum atomic E-state index is -0.304. The normalized spacial score (nSPS) is 15.2. The lowest BCUT2D eigenvalue weighted by molar-refractivity contribution is -0.121. The van der Waals surface area contributed by atoms with Gasteiger partial charge in [0.05, 0.1) is 7.11 Å². The number of hydrogen-bond acceptors (Lipinski definition) is 4. The van der Waals surface area contributed by atoms with Gasteiger partial charge in [-0.1, -0.05) is 18.2 Å². The minimum Gasteiger partial charge on any atom is -0.496 e. The van der Waals surface area contributed by atoms with Crippen LogP contribution in [0.3, 0.4) is 0 Å². The number of nitrogens with zero attached hydrogens (tertiary/aromatic N) is 2. The summed E-state index contributed by atoms with van der Waals surface area (Å²) in [6, 6.07) is 7.64. The van der Waals surface area contributed by atoms with Crippen LogP contribution in [0.4, 0.5) is 0 Å². The average molecular weight is 247 g/mol. The van der Waals surface area contributed by atoms with Gasteiger partial charge in [0.2, 0.25) is 5.91 Å². The molecule has 1 amide bonds. The van der Waals surface area contributed by atoms with Gasteiger partial charge in [-0.2, -0.15) is 10.2 Å². The van der Waals surface area contributed by atoms with Crippen LogP contribution in [0.5, 0.6) is 5.75 Å². The lowest BCUT2D eigenvalue weighted by Gasteiger charge is -2.09. The molecule has 0 aliphatic carbocycles. The molecule has 1 aliphatic heterocycles. The minimum absolute atomic E-state index is 0.0134. The van der Waals surface area contributed by atoms with E-state index in [1.165, 1.54) is 0 Å². The van der Waals surface area contributed by atoms with Crippen molar-refractivity contribution in [3.8, 4) is 5.75 Å². The Morgan fingerprint density at radius 3 is 2.78 bits per heavy atom. The van der Waals surface area contributed by atoms with Crippen LogP contribution < -0.4 is 10.1 Å². The number of carbonyl (C=O) groups excluding carboxylic acids is 1. The molecule has 18 heavy (non-hydrogen) atoms. The van der Waals surface area contributed by atoms with Crippen molar-refractivity contribution in [1.29, 1.82) is 0 Å². The quantitative estimate of drug-likeness (QED) is 0.838. The third kappa shape index (κ3) is 3.29. The fourth-order valence-corrected chi connectivity index (χ4v) is 1.67. The smallest absolute Gasteiger partial charge is 0.220 e. The summed E-state index contributed by atoms with van der Waals surface area (Å²) in [5.41, 5.74) is 0.669. The summed E-state index contributed by atoms with van der Waals surface area (Å²) < 4.78 is 5.22. The first-order valence-corrected chi connectivity index (χ1v) is 5.96. The highest BCUT2D eigenvalue weighted by molar-refractivity contribution is 5.76. The summed E-state index contributed by atoms with van der Waals surface area (Å²) in [7, 11) is 1.62. The molecule has 2 rings (SSSR count). The second kappa shape index (κ2) is 5.16. The van der Waals surface area contributed by atoms with E-state index in [4.69, 9.17) is 4.74 Å². The van der Waals surface area contributed by atoms with Gasteiger partial charge in [-0.15, -0.1) is 0 Å². The number of carbonyl (C=O) groups is 1. The average Bonchev–Trinajstić information content (AvgIpc) is 3.13. The van der Waals surface area contributed by atoms with Crippen molar-refractivity contribution in [3.63, 3.8) is 0 Å². The van der Waals surface area contributed by atoms with Crippen molar-refractivity contribution < 1.29 is 9.53 Å². The predicted octanol–water partition coefficient (Wildman–Crippen LogP) is 2.27. The van der Waals surface area contributed by atoms with Crippen LogP contribution in [0, 0.1) is 0 Å². The Morgan fingerprint density at radius 1 is 1.39 bits per heavy atom.